The Balaban J connectivity index is 1.91. The number of para-hydroxylation sites is 1. The van der Waals surface area contributed by atoms with Gasteiger partial charge in [-0.05, 0) is 17.7 Å². The van der Waals surface area contributed by atoms with Crippen molar-refractivity contribution >= 4 is 28.8 Å². The lowest BCUT2D eigenvalue weighted by molar-refractivity contribution is -0.121. The van der Waals surface area contributed by atoms with Crippen molar-refractivity contribution in [1.29, 1.82) is 0 Å². The summed E-state index contributed by atoms with van der Waals surface area (Å²) in [5, 5.41) is 3.73. The SMILES string of the molecule is O=CC(C(=O)Nc1cccc2cccnc12)c1ccccc1. The van der Waals surface area contributed by atoms with E-state index in [1.807, 2.05) is 30.3 Å². The van der Waals surface area contributed by atoms with Gasteiger partial charge in [0.15, 0.2) is 0 Å². The Morgan fingerprint density at radius 1 is 1.00 bits per heavy atom. The van der Waals surface area contributed by atoms with Crippen LogP contribution in [0.3, 0.4) is 0 Å². The van der Waals surface area contributed by atoms with Gasteiger partial charge in [0.2, 0.25) is 5.91 Å². The van der Waals surface area contributed by atoms with Gasteiger partial charge in [-0.2, -0.15) is 0 Å². The standard InChI is InChI=1S/C18H14N2O2/c21-12-15(13-6-2-1-3-7-13)18(22)20-16-10-4-8-14-9-5-11-19-17(14)16/h1-12,15H,(H,20,22). The van der Waals surface area contributed by atoms with Crippen LogP contribution in [0.2, 0.25) is 0 Å². The molecule has 0 aliphatic heterocycles. The van der Waals surface area contributed by atoms with Gasteiger partial charge in [-0.25, -0.2) is 0 Å². The second-order valence-corrected chi connectivity index (χ2v) is 4.89. The van der Waals surface area contributed by atoms with E-state index in [4.69, 9.17) is 0 Å². The third kappa shape index (κ3) is 2.72. The number of carbonyl (C=O) groups excluding carboxylic acids is 2. The number of rotatable bonds is 4. The first kappa shape index (κ1) is 13.9. The molecule has 1 N–H and O–H groups in total. The fourth-order valence-electron chi connectivity index (χ4n) is 2.37. The summed E-state index contributed by atoms with van der Waals surface area (Å²) in [5.74, 6) is -1.19. The normalized spacial score (nSPS) is 11.8. The maximum atomic E-state index is 12.4. The lowest BCUT2D eigenvalue weighted by Gasteiger charge is -2.12. The quantitative estimate of drug-likeness (QED) is 0.593. The number of aromatic nitrogens is 1. The molecule has 3 rings (SSSR count). The van der Waals surface area contributed by atoms with Crippen molar-refractivity contribution in [1.82, 2.24) is 4.98 Å². The van der Waals surface area contributed by atoms with Gasteiger partial charge in [-0.3, -0.25) is 9.78 Å². The number of anilines is 1. The van der Waals surface area contributed by atoms with Crippen molar-refractivity contribution in [3.8, 4) is 0 Å². The van der Waals surface area contributed by atoms with Crippen molar-refractivity contribution < 1.29 is 9.59 Å². The highest BCUT2D eigenvalue weighted by Crippen LogP contribution is 2.22. The molecule has 0 fully saturated rings. The Morgan fingerprint density at radius 3 is 2.55 bits per heavy atom. The summed E-state index contributed by atoms with van der Waals surface area (Å²) in [4.78, 5) is 28.0. The van der Waals surface area contributed by atoms with Crippen LogP contribution < -0.4 is 5.32 Å². The highest BCUT2D eigenvalue weighted by atomic mass is 16.2. The van der Waals surface area contributed by atoms with E-state index in [9.17, 15) is 9.59 Å². The summed E-state index contributed by atoms with van der Waals surface area (Å²) in [5.41, 5.74) is 1.98. The van der Waals surface area contributed by atoms with Gasteiger partial charge in [0.1, 0.15) is 12.2 Å². The van der Waals surface area contributed by atoms with E-state index in [2.05, 4.69) is 10.3 Å². The van der Waals surface area contributed by atoms with Gasteiger partial charge in [0.25, 0.3) is 0 Å². The van der Waals surface area contributed by atoms with Gasteiger partial charge >= 0.3 is 0 Å². The summed E-state index contributed by atoms with van der Waals surface area (Å²) in [6, 6.07) is 18.3. The minimum Gasteiger partial charge on any atom is -0.323 e. The predicted molar refractivity (Wildman–Crippen MR) is 85.6 cm³/mol. The third-order valence-electron chi connectivity index (χ3n) is 3.47. The van der Waals surface area contributed by atoms with Crippen LogP contribution in [0.5, 0.6) is 0 Å². The number of fused-ring (bicyclic) bond motifs is 1. The number of hydrogen-bond acceptors (Lipinski definition) is 3. The second kappa shape index (κ2) is 6.18. The van der Waals surface area contributed by atoms with E-state index in [1.165, 1.54) is 0 Å². The molecule has 0 bridgehead atoms. The zero-order valence-corrected chi connectivity index (χ0v) is 11.8. The van der Waals surface area contributed by atoms with Crippen molar-refractivity contribution in [2.45, 2.75) is 5.92 Å². The number of hydrogen-bond donors (Lipinski definition) is 1. The van der Waals surface area contributed by atoms with E-state index < -0.39 is 5.92 Å². The molecule has 1 unspecified atom stereocenters. The van der Waals surface area contributed by atoms with Crippen LogP contribution >= 0.6 is 0 Å². The molecule has 1 aromatic heterocycles. The maximum absolute atomic E-state index is 12.4. The number of nitrogens with one attached hydrogen (secondary N) is 1. The van der Waals surface area contributed by atoms with Crippen LogP contribution in [0, 0.1) is 0 Å². The van der Waals surface area contributed by atoms with Crippen molar-refractivity contribution in [3.05, 3.63) is 72.4 Å². The summed E-state index contributed by atoms with van der Waals surface area (Å²) in [6.45, 7) is 0. The Morgan fingerprint density at radius 2 is 1.77 bits per heavy atom. The largest absolute Gasteiger partial charge is 0.323 e. The summed E-state index contributed by atoms with van der Waals surface area (Å²) < 4.78 is 0. The average Bonchev–Trinajstić information content (AvgIpc) is 2.57. The molecule has 22 heavy (non-hydrogen) atoms. The molecule has 4 nitrogen and oxygen atoms in total. The van der Waals surface area contributed by atoms with Crippen LogP contribution in [-0.2, 0) is 9.59 Å². The minimum atomic E-state index is -0.833. The Labute approximate surface area is 127 Å². The third-order valence-corrected chi connectivity index (χ3v) is 3.47. The molecule has 1 amide bonds. The highest BCUT2D eigenvalue weighted by molar-refractivity contribution is 6.08. The Hall–Kier alpha value is -3.01. The molecule has 0 radical (unpaired) electrons. The van der Waals surface area contributed by atoms with Gasteiger partial charge in [0.05, 0.1) is 11.2 Å². The number of nitrogens with zero attached hydrogens (tertiary/aromatic N) is 1. The lowest BCUT2D eigenvalue weighted by atomic mass is 10.00. The molecule has 0 aliphatic rings. The van der Waals surface area contributed by atoms with E-state index in [0.717, 1.165) is 5.39 Å². The van der Waals surface area contributed by atoms with Crippen molar-refractivity contribution in [2.75, 3.05) is 5.32 Å². The Kier molecular flexibility index (Phi) is 3.92. The van der Waals surface area contributed by atoms with E-state index in [0.29, 0.717) is 23.1 Å². The maximum Gasteiger partial charge on any atom is 0.239 e. The Bertz CT molecular complexity index is 810. The lowest BCUT2D eigenvalue weighted by Crippen LogP contribution is -2.22. The molecule has 1 atom stereocenters. The monoisotopic (exact) mass is 290 g/mol. The summed E-state index contributed by atoms with van der Waals surface area (Å²) >= 11 is 0. The predicted octanol–water partition coefficient (Wildman–Crippen LogP) is 3.16. The topological polar surface area (TPSA) is 59.1 Å². The highest BCUT2D eigenvalue weighted by Gasteiger charge is 2.20. The number of aldehydes is 1. The van der Waals surface area contributed by atoms with Crippen LogP contribution in [0.4, 0.5) is 5.69 Å². The fourth-order valence-corrected chi connectivity index (χ4v) is 2.37. The van der Waals surface area contributed by atoms with E-state index in [1.54, 1.807) is 36.5 Å². The number of carbonyl (C=O) groups is 2. The summed E-state index contributed by atoms with van der Waals surface area (Å²) in [7, 11) is 0. The smallest absolute Gasteiger partial charge is 0.239 e. The molecular formula is C18H14N2O2. The van der Waals surface area contributed by atoms with Crippen molar-refractivity contribution in [2.24, 2.45) is 0 Å². The minimum absolute atomic E-state index is 0.362. The zero-order valence-electron chi connectivity index (χ0n) is 11.8. The van der Waals surface area contributed by atoms with Crippen LogP contribution in [0.15, 0.2) is 66.9 Å². The van der Waals surface area contributed by atoms with Gasteiger partial charge < -0.3 is 10.1 Å². The number of amides is 1. The fraction of sp³-hybridized carbons (Fsp3) is 0.0556. The first-order valence-corrected chi connectivity index (χ1v) is 6.94. The van der Waals surface area contributed by atoms with Crippen LogP contribution in [0.25, 0.3) is 10.9 Å². The molecule has 0 saturated heterocycles. The van der Waals surface area contributed by atoms with Gasteiger partial charge in [-0.1, -0.05) is 48.5 Å². The molecule has 4 heteroatoms. The number of pyridine rings is 1. The average molecular weight is 290 g/mol. The van der Waals surface area contributed by atoms with Gasteiger partial charge in [-0.15, -0.1) is 0 Å². The van der Waals surface area contributed by atoms with Crippen LogP contribution in [-0.4, -0.2) is 17.2 Å². The molecule has 108 valence electrons. The molecule has 0 aliphatic carbocycles. The first-order chi connectivity index (χ1) is 10.8. The zero-order chi connectivity index (χ0) is 15.4. The van der Waals surface area contributed by atoms with E-state index >= 15 is 0 Å². The van der Waals surface area contributed by atoms with Crippen LogP contribution in [0.1, 0.15) is 11.5 Å². The second-order valence-electron chi connectivity index (χ2n) is 4.89. The summed E-state index contributed by atoms with van der Waals surface area (Å²) in [6.07, 6.45) is 2.33. The van der Waals surface area contributed by atoms with E-state index in [-0.39, 0.29) is 5.91 Å². The molecule has 1 heterocycles. The molecular weight excluding hydrogens is 276 g/mol. The molecule has 0 saturated carbocycles. The first-order valence-electron chi connectivity index (χ1n) is 6.94. The van der Waals surface area contributed by atoms with Gasteiger partial charge in [0, 0.05) is 11.6 Å². The molecule has 0 spiro atoms. The molecule has 2 aromatic carbocycles. The number of benzene rings is 2. The molecule has 3 aromatic rings. The van der Waals surface area contributed by atoms with Crippen molar-refractivity contribution in [3.63, 3.8) is 0 Å².